The molecule has 2 aliphatic rings. The topological polar surface area (TPSA) is 75.9 Å². The minimum atomic E-state index is -0.788. The highest BCUT2D eigenvalue weighted by Gasteiger charge is 2.53. The first kappa shape index (κ1) is 25.5. The van der Waals surface area contributed by atoms with E-state index in [1.54, 1.807) is 13.0 Å². The molecule has 0 aromatic rings. The zero-order valence-electron chi connectivity index (χ0n) is 19.8. The van der Waals surface area contributed by atoms with Crippen LogP contribution in [0.25, 0.3) is 0 Å². The lowest BCUT2D eigenvalue weighted by atomic mass is 9.74. The molecule has 1 saturated heterocycles. The Hall–Kier alpha value is -1.73. The summed E-state index contributed by atoms with van der Waals surface area (Å²) in [5.74, 6) is -0.803. The highest BCUT2D eigenvalue weighted by molar-refractivity contribution is 5.84. The van der Waals surface area contributed by atoms with Crippen LogP contribution in [0.4, 0.5) is 4.39 Å². The number of carbonyl (C=O) groups excluding carboxylic acids is 2. The van der Waals surface area contributed by atoms with Gasteiger partial charge in [-0.2, -0.15) is 0 Å². The number of esters is 1. The van der Waals surface area contributed by atoms with Gasteiger partial charge in [-0.05, 0) is 71.7 Å². The van der Waals surface area contributed by atoms with Crippen molar-refractivity contribution in [1.82, 2.24) is 9.80 Å². The third-order valence-electron chi connectivity index (χ3n) is 6.91. The van der Waals surface area contributed by atoms with Crippen molar-refractivity contribution < 1.29 is 18.7 Å². The molecule has 1 fully saturated rings. The van der Waals surface area contributed by atoms with Crippen molar-refractivity contribution in [2.45, 2.75) is 77.4 Å². The molecule has 6 nitrogen and oxygen atoms in total. The van der Waals surface area contributed by atoms with Crippen molar-refractivity contribution in [2.75, 3.05) is 27.2 Å². The summed E-state index contributed by atoms with van der Waals surface area (Å²) in [5.41, 5.74) is 5.22. The Morgan fingerprint density at radius 3 is 2.55 bits per heavy atom. The third kappa shape index (κ3) is 5.75. The van der Waals surface area contributed by atoms with Crippen LogP contribution in [-0.2, 0) is 14.3 Å². The maximum atomic E-state index is 14.0. The van der Waals surface area contributed by atoms with Crippen LogP contribution < -0.4 is 5.73 Å². The number of amides is 1. The van der Waals surface area contributed by atoms with Gasteiger partial charge in [0.1, 0.15) is 5.83 Å². The molecule has 0 aromatic carbocycles. The summed E-state index contributed by atoms with van der Waals surface area (Å²) < 4.78 is 19.7. The van der Waals surface area contributed by atoms with Crippen LogP contribution in [0.2, 0.25) is 0 Å². The molecule has 1 amide bonds. The molecule has 1 aliphatic heterocycles. The van der Waals surface area contributed by atoms with E-state index in [-0.39, 0.29) is 35.7 Å². The first-order chi connectivity index (χ1) is 14.7. The summed E-state index contributed by atoms with van der Waals surface area (Å²) >= 11 is 0. The molecule has 176 valence electrons. The van der Waals surface area contributed by atoms with Gasteiger partial charge in [-0.25, -0.2) is 4.39 Å². The van der Waals surface area contributed by atoms with E-state index < -0.39 is 11.5 Å². The average molecular weight is 438 g/mol. The molecule has 7 heteroatoms. The van der Waals surface area contributed by atoms with Crippen LogP contribution in [0.5, 0.6) is 0 Å². The van der Waals surface area contributed by atoms with Gasteiger partial charge in [0.15, 0.2) is 0 Å². The fourth-order valence-electron chi connectivity index (χ4n) is 5.12. The van der Waals surface area contributed by atoms with Crippen molar-refractivity contribution in [1.29, 1.82) is 0 Å². The highest BCUT2D eigenvalue weighted by atomic mass is 19.1. The van der Waals surface area contributed by atoms with Crippen LogP contribution in [0, 0.1) is 11.3 Å². The van der Waals surface area contributed by atoms with Crippen molar-refractivity contribution in [3.8, 4) is 0 Å². The Bertz CT molecular complexity index is 686. The van der Waals surface area contributed by atoms with E-state index in [1.807, 2.05) is 38.9 Å². The van der Waals surface area contributed by atoms with Gasteiger partial charge in [-0.15, -0.1) is 0 Å². The molecule has 0 bridgehead atoms. The van der Waals surface area contributed by atoms with Gasteiger partial charge in [-0.1, -0.05) is 19.9 Å². The van der Waals surface area contributed by atoms with E-state index in [0.717, 1.165) is 19.4 Å². The fourth-order valence-corrected chi connectivity index (χ4v) is 5.12. The van der Waals surface area contributed by atoms with Crippen molar-refractivity contribution >= 4 is 11.9 Å². The summed E-state index contributed by atoms with van der Waals surface area (Å²) in [4.78, 5) is 30.4. The number of allylic oxidation sites excluding steroid dienone is 3. The van der Waals surface area contributed by atoms with Crippen LogP contribution in [0.3, 0.4) is 0 Å². The van der Waals surface area contributed by atoms with E-state index in [4.69, 9.17) is 10.5 Å². The van der Waals surface area contributed by atoms with Gasteiger partial charge in [0.25, 0.3) is 0 Å². The molecule has 31 heavy (non-hydrogen) atoms. The van der Waals surface area contributed by atoms with Crippen LogP contribution in [0.15, 0.2) is 24.1 Å². The Labute approximate surface area is 186 Å². The molecule has 2 N–H and O–H groups in total. The normalized spacial score (nSPS) is 25.0. The number of hydrogen-bond acceptors (Lipinski definition) is 5. The Balaban J connectivity index is 2.30. The predicted molar refractivity (Wildman–Crippen MR) is 121 cm³/mol. The molecule has 0 aromatic heterocycles. The van der Waals surface area contributed by atoms with Crippen molar-refractivity contribution in [3.05, 3.63) is 24.1 Å². The number of hydrogen-bond donors (Lipinski definition) is 1. The molecule has 4 atom stereocenters. The third-order valence-corrected chi connectivity index (χ3v) is 6.91. The van der Waals surface area contributed by atoms with E-state index in [1.165, 1.54) is 6.08 Å². The van der Waals surface area contributed by atoms with Gasteiger partial charge in [0, 0.05) is 24.5 Å². The number of rotatable bonds is 10. The number of carbonyl (C=O) groups is 2. The second-order valence-corrected chi connectivity index (χ2v) is 9.20. The summed E-state index contributed by atoms with van der Waals surface area (Å²) in [6.07, 6.45) is 8.88. The standard InChI is InChI=1S/C24H40FN3O3/c1-6-24(7-2,23(30)31-15-9-14-27(4)5)21-13-12-20(28(21)22(29)17(3)26)18-10-8-11-19(25)16-18/h8,11,16-18,20-21H,6-7,9-10,12-15,26H2,1-5H3/t17-,18?,20+,21-/m1/s1. The molecule has 0 saturated carbocycles. The average Bonchev–Trinajstić information content (AvgIpc) is 3.17. The molecule has 1 unspecified atom stereocenters. The zero-order valence-corrected chi connectivity index (χ0v) is 19.8. The van der Waals surface area contributed by atoms with Crippen LogP contribution in [-0.4, -0.2) is 67.0 Å². The molecule has 2 rings (SSSR count). The predicted octanol–water partition coefficient (Wildman–Crippen LogP) is 3.42. The van der Waals surface area contributed by atoms with Gasteiger partial charge in [-0.3, -0.25) is 9.59 Å². The van der Waals surface area contributed by atoms with Gasteiger partial charge < -0.3 is 20.3 Å². The molecule has 0 radical (unpaired) electrons. The largest absolute Gasteiger partial charge is 0.465 e. The summed E-state index contributed by atoms with van der Waals surface area (Å²) in [6.45, 7) is 6.83. The summed E-state index contributed by atoms with van der Waals surface area (Å²) in [6, 6.07) is -1.15. The lowest BCUT2D eigenvalue weighted by molar-refractivity contribution is -0.163. The van der Waals surface area contributed by atoms with E-state index >= 15 is 0 Å². The smallest absolute Gasteiger partial charge is 0.314 e. The number of ether oxygens (including phenoxy) is 1. The monoisotopic (exact) mass is 437 g/mol. The summed E-state index contributed by atoms with van der Waals surface area (Å²) in [5, 5.41) is 0. The minimum Gasteiger partial charge on any atom is -0.465 e. The number of nitrogens with zero attached hydrogens (tertiary/aromatic N) is 2. The maximum absolute atomic E-state index is 14.0. The molecular formula is C24H40FN3O3. The molecule has 0 spiro atoms. The van der Waals surface area contributed by atoms with Crippen LogP contribution >= 0.6 is 0 Å². The lowest BCUT2D eigenvalue weighted by Gasteiger charge is -2.43. The lowest BCUT2D eigenvalue weighted by Crippen LogP contribution is -2.57. The second-order valence-electron chi connectivity index (χ2n) is 9.20. The van der Waals surface area contributed by atoms with Gasteiger partial charge >= 0.3 is 5.97 Å². The number of likely N-dealkylation sites (tertiary alicyclic amines) is 1. The van der Waals surface area contributed by atoms with Crippen LogP contribution in [0.1, 0.15) is 59.3 Å². The first-order valence-corrected chi connectivity index (χ1v) is 11.6. The van der Waals surface area contributed by atoms with Gasteiger partial charge in [0.05, 0.1) is 18.1 Å². The van der Waals surface area contributed by atoms with E-state index in [0.29, 0.717) is 32.3 Å². The minimum absolute atomic E-state index is 0.111. The van der Waals surface area contributed by atoms with Crippen molar-refractivity contribution in [3.63, 3.8) is 0 Å². The summed E-state index contributed by atoms with van der Waals surface area (Å²) in [7, 11) is 3.97. The maximum Gasteiger partial charge on any atom is 0.314 e. The molecule has 1 heterocycles. The van der Waals surface area contributed by atoms with E-state index in [9.17, 15) is 14.0 Å². The molecular weight excluding hydrogens is 397 g/mol. The molecule has 1 aliphatic carbocycles. The highest BCUT2D eigenvalue weighted by Crippen LogP contribution is 2.45. The SMILES string of the molecule is CCC(CC)(C(=O)OCCCN(C)C)[C@H]1CC[C@@H](C2C=C(F)C=CC2)N1C(=O)[C@@H](C)N. The van der Waals surface area contributed by atoms with Crippen molar-refractivity contribution in [2.24, 2.45) is 17.1 Å². The zero-order chi connectivity index (χ0) is 23.2. The Morgan fingerprint density at radius 1 is 1.32 bits per heavy atom. The first-order valence-electron chi connectivity index (χ1n) is 11.6. The number of halogens is 1. The van der Waals surface area contributed by atoms with E-state index in [2.05, 4.69) is 4.90 Å². The Kier molecular flexibility index (Phi) is 9.25. The fraction of sp³-hybridized carbons (Fsp3) is 0.750. The van der Waals surface area contributed by atoms with Gasteiger partial charge in [0.2, 0.25) is 5.91 Å². The second kappa shape index (κ2) is 11.2. The quantitative estimate of drug-likeness (QED) is 0.419. The number of nitrogens with two attached hydrogens (primary N) is 1. The Morgan fingerprint density at radius 2 is 2.00 bits per heavy atom.